The summed E-state index contributed by atoms with van der Waals surface area (Å²) in [7, 11) is 0. The summed E-state index contributed by atoms with van der Waals surface area (Å²) in [6.45, 7) is 2.89. The largest absolute Gasteiger partial charge is 0.383 e. The molecule has 2 aromatic rings. The summed E-state index contributed by atoms with van der Waals surface area (Å²) in [5.74, 6) is 0.159. The van der Waals surface area contributed by atoms with Crippen molar-refractivity contribution in [3.8, 4) is 0 Å². The van der Waals surface area contributed by atoms with Crippen molar-refractivity contribution in [2.24, 2.45) is 0 Å². The van der Waals surface area contributed by atoms with Crippen molar-refractivity contribution in [3.05, 3.63) is 58.5 Å². The SMILES string of the molecule is CCCNC(Cc1c(F)cccc1Cl)c1cccnc1N. The fourth-order valence-corrected chi connectivity index (χ4v) is 2.51. The van der Waals surface area contributed by atoms with E-state index in [1.165, 1.54) is 6.07 Å². The maximum absolute atomic E-state index is 14.0. The van der Waals surface area contributed by atoms with Crippen molar-refractivity contribution in [2.75, 3.05) is 12.3 Å². The zero-order valence-electron chi connectivity index (χ0n) is 11.9. The summed E-state index contributed by atoms with van der Waals surface area (Å²) in [6, 6.07) is 8.34. The van der Waals surface area contributed by atoms with Gasteiger partial charge in [0, 0.05) is 28.4 Å². The summed E-state index contributed by atoms with van der Waals surface area (Å²) in [5, 5.41) is 3.82. The molecule has 0 spiro atoms. The number of nitrogen functional groups attached to an aromatic ring is 1. The fourth-order valence-electron chi connectivity index (χ4n) is 2.27. The van der Waals surface area contributed by atoms with Gasteiger partial charge in [-0.1, -0.05) is 30.7 Å². The monoisotopic (exact) mass is 307 g/mol. The number of pyridine rings is 1. The topological polar surface area (TPSA) is 50.9 Å². The predicted octanol–water partition coefficient (Wildman–Crippen LogP) is 3.74. The first kappa shape index (κ1) is 15.7. The van der Waals surface area contributed by atoms with Gasteiger partial charge in [0.2, 0.25) is 0 Å². The third kappa shape index (κ3) is 3.93. The van der Waals surface area contributed by atoms with Crippen LogP contribution < -0.4 is 11.1 Å². The highest BCUT2D eigenvalue weighted by molar-refractivity contribution is 6.31. The van der Waals surface area contributed by atoms with E-state index in [2.05, 4.69) is 17.2 Å². The van der Waals surface area contributed by atoms with E-state index < -0.39 is 0 Å². The minimum Gasteiger partial charge on any atom is -0.383 e. The average molecular weight is 308 g/mol. The van der Waals surface area contributed by atoms with Crippen molar-refractivity contribution in [2.45, 2.75) is 25.8 Å². The maximum Gasteiger partial charge on any atom is 0.128 e. The van der Waals surface area contributed by atoms with Gasteiger partial charge in [0.05, 0.1) is 0 Å². The van der Waals surface area contributed by atoms with Crippen LogP contribution in [0.1, 0.15) is 30.5 Å². The molecule has 1 aromatic heterocycles. The minimum atomic E-state index is -0.298. The molecule has 0 saturated carbocycles. The smallest absolute Gasteiger partial charge is 0.128 e. The first-order valence-electron chi connectivity index (χ1n) is 7.00. The first-order valence-corrected chi connectivity index (χ1v) is 7.38. The Hall–Kier alpha value is -1.65. The van der Waals surface area contributed by atoms with Gasteiger partial charge in [-0.2, -0.15) is 0 Å². The van der Waals surface area contributed by atoms with Crippen LogP contribution in [0.15, 0.2) is 36.5 Å². The maximum atomic E-state index is 14.0. The third-order valence-corrected chi connectivity index (χ3v) is 3.71. The van der Waals surface area contributed by atoms with Crippen molar-refractivity contribution in [3.63, 3.8) is 0 Å². The summed E-state index contributed by atoms with van der Waals surface area (Å²) in [4.78, 5) is 4.11. The van der Waals surface area contributed by atoms with Crippen LogP contribution in [-0.2, 0) is 6.42 Å². The number of anilines is 1. The predicted molar refractivity (Wildman–Crippen MR) is 84.8 cm³/mol. The molecule has 0 aliphatic carbocycles. The van der Waals surface area contributed by atoms with Crippen LogP contribution in [0.3, 0.4) is 0 Å². The lowest BCUT2D eigenvalue weighted by Gasteiger charge is -2.21. The second kappa shape index (κ2) is 7.38. The van der Waals surface area contributed by atoms with E-state index in [0.29, 0.717) is 22.8 Å². The second-order valence-corrected chi connectivity index (χ2v) is 5.30. The van der Waals surface area contributed by atoms with Gasteiger partial charge < -0.3 is 11.1 Å². The Morgan fingerprint density at radius 1 is 1.33 bits per heavy atom. The molecule has 1 atom stereocenters. The Morgan fingerprint density at radius 3 is 2.81 bits per heavy atom. The first-order chi connectivity index (χ1) is 10.1. The molecule has 3 N–H and O–H groups in total. The number of nitrogens with two attached hydrogens (primary N) is 1. The van der Waals surface area contributed by atoms with Gasteiger partial charge in [-0.15, -0.1) is 0 Å². The second-order valence-electron chi connectivity index (χ2n) is 4.89. The van der Waals surface area contributed by atoms with Crippen LogP contribution in [0, 0.1) is 5.82 Å². The van der Waals surface area contributed by atoms with Crippen LogP contribution in [0.2, 0.25) is 5.02 Å². The van der Waals surface area contributed by atoms with Gasteiger partial charge in [-0.25, -0.2) is 9.37 Å². The molecule has 0 aliphatic heterocycles. The average Bonchev–Trinajstić information content (AvgIpc) is 2.47. The molecule has 0 fully saturated rings. The van der Waals surface area contributed by atoms with Gasteiger partial charge in [0.1, 0.15) is 11.6 Å². The molecular weight excluding hydrogens is 289 g/mol. The summed E-state index contributed by atoms with van der Waals surface area (Å²) < 4.78 is 14.0. The zero-order valence-corrected chi connectivity index (χ0v) is 12.7. The van der Waals surface area contributed by atoms with E-state index in [1.54, 1.807) is 18.3 Å². The summed E-state index contributed by atoms with van der Waals surface area (Å²) in [6.07, 6.45) is 3.05. The lowest BCUT2D eigenvalue weighted by Crippen LogP contribution is -2.25. The molecule has 0 radical (unpaired) electrons. The van der Waals surface area contributed by atoms with E-state index in [1.807, 2.05) is 12.1 Å². The number of nitrogens with one attached hydrogen (secondary N) is 1. The number of rotatable bonds is 6. The molecule has 0 bridgehead atoms. The quantitative estimate of drug-likeness (QED) is 0.854. The van der Waals surface area contributed by atoms with Crippen LogP contribution in [-0.4, -0.2) is 11.5 Å². The number of hydrogen-bond donors (Lipinski definition) is 2. The highest BCUT2D eigenvalue weighted by Crippen LogP contribution is 2.27. The summed E-state index contributed by atoms with van der Waals surface area (Å²) in [5.41, 5.74) is 7.31. The minimum absolute atomic E-state index is 0.118. The van der Waals surface area contributed by atoms with Crippen molar-refractivity contribution < 1.29 is 4.39 Å². The lowest BCUT2D eigenvalue weighted by molar-refractivity contribution is 0.513. The fraction of sp³-hybridized carbons (Fsp3) is 0.312. The Balaban J connectivity index is 2.31. The Morgan fingerprint density at radius 2 is 2.14 bits per heavy atom. The normalized spacial score (nSPS) is 12.3. The highest BCUT2D eigenvalue weighted by Gasteiger charge is 2.18. The van der Waals surface area contributed by atoms with Crippen LogP contribution in [0.5, 0.6) is 0 Å². The van der Waals surface area contributed by atoms with E-state index in [9.17, 15) is 4.39 Å². The van der Waals surface area contributed by atoms with E-state index in [0.717, 1.165) is 18.5 Å². The van der Waals surface area contributed by atoms with Gasteiger partial charge >= 0.3 is 0 Å². The van der Waals surface area contributed by atoms with E-state index in [-0.39, 0.29) is 11.9 Å². The Kier molecular flexibility index (Phi) is 5.53. The molecule has 0 amide bonds. The molecule has 0 saturated heterocycles. The molecule has 0 aliphatic rings. The lowest BCUT2D eigenvalue weighted by atomic mass is 9.98. The van der Waals surface area contributed by atoms with Crippen molar-refractivity contribution in [1.29, 1.82) is 0 Å². The number of aromatic nitrogens is 1. The molecule has 3 nitrogen and oxygen atoms in total. The number of halogens is 2. The number of nitrogens with zero attached hydrogens (tertiary/aromatic N) is 1. The van der Waals surface area contributed by atoms with E-state index >= 15 is 0 Å². The highest BCUT2D eigenvalue weighted by atomic mass is 35.5. The molecule has 21 heavy (non-hydrogen) atoms. The van der Waals surface area contributed by atoms with Crippen molar-refractivity contribution >= 4 is 17.4 Å². The molecule has 1 heterocycles. The molecule has 5 heteroatoms. The molecular formula is C16H19ClFN3. The molecule has 112 valence electrons. The van der Waals surface area contributed by atoms with Crippen LogP contribution in [0.4, 0.5) is 10.2 Å². The van der Waals surface area contributed by atoms with Gasteiger partial charge in [-0.05, 0) is 37.6 Å². The molecule has 1 unspecified atom stereocenters. The van der Waals surface area contributed by atoms with Gasteiger partial charge in [0.25, 0.3) is 0 Å². The Labute approximate surface area is 129 Å². The Bertz CT molecular complexity index is 584. The molecule has 1 aromatic carbocycles. The standard InChI is InChI=1S/C16H19ClFN3/c1-2-8-20-15(11-5-4-9-21-16(11)19)10-12-13(17)6-3-7-14(12)18/h3-7,9,15,20H,2,8,10H2,1H3,(H2,19,21). The third-order valence-electron chi connectivity index (χ3n) is 3.36. The number of hydrogen-bond acceptors (Lipinski definition) is 3. The van der Waals surface area contributed by atoms with Gasteiger partial charge in [-0.3, -0.25) is 0 Å². The van der Waals surface area contributed by atoms with Crippen molar-refractivity contribution in [1.82, 2.24) is 10.3 Å². The van der Waals surface area contributed by atoms with Crippen LogP contribution >= 0.6 is 11.6 Å². The molecule has 2 rings (SSSR count). The van der Waals surface area contributed by atoms with Gasteiger partial charge in [0.15, 0.2) is 0 Å². The van der Waals surface area contributed by atoms with E-state index in [4.69, 9.17) is 17.3 Å². The number of benzene rings is 1. The van der Waals surface area contributed by atoms with Crippen LogP contribution in [0.25, 0.3) is 0 Å². The zero-order chi connectivity index (χ0) is 15.2. The summed E-state index contributed by atoms with van der Waals surface area (Å²) >= 11 is 6.12.